The van der Waals surface area contributed by atoms with E-state index in [1.54, 1.807) is 7.11 Å². The highest BCUT2D eigenvalue weighted by molar-refractivity contribution is 5.85. The zero-order valence-corrected chi connectivity index (χ0v) is 15.2. The van der Waals surface area contributed by atoms with E-state index in [0.717, 1.165) is 43.4 Å². The summed E-state index contributed by atoms with van der Waals surface area (Å²) in [5, 5.41) is 4.06. The lowest BCUT2D eigenvalue weighted by Gasteiger charge is -2.34. The zero-order valence-electron chi connectivity index (χ0n) is 14.4. The predicted octanol–water partition coefficient (Wildman–Crippen LogP) is 3.83. The summed E-state index contributed by atoms with van der Waals surface area (Å²) in [7, 11) is 1.64. The van der Waals surface area contributed by atoms with Crippen LogP contribution < -0.4 is 15.2 Å². The maximum Gasteiger partial charge on any atom is 0.258 e. The average Bonchev–Trinajstić information content (AvgIpc) is 3.24. The van der Waals surface area contributed by atoms with Crippen LogP contribution in [0.4, 0.5) is 0 Å². The molecule has 136 valence electrons. The number of hydrogen-bond acceptors (Lipinski definition) is 6. The third-order valence-electron chi connectivity index (χ3n) is 5.12. The highest BCUT2D eigenvalue weighted by Crippen LogP contribution is 2.39. The molecule has 25 heavy (non-hydrogen) atoms. The van der Waals surface area contributed by atoms with Gasteiger partial charge in [-0.25, -0.2) is 0 Å². The number of ether oxygens (including phenoxy) is 2. The number of aromatic nitrogens is 2. The lowest BCUT2D eigenvalue weighted by molar-refractivity contribution is 0.201. The third-order valence-corrected chi connectivity index (χ3v) is 5.12. The van der Waals surface area contributed by atoms with Gasteiger partial charge in [-0.1, -0.05) is 5.16 Å². The molecule has 1 aromatic heterocycles. The maximum atomic E-state index is 6.26. The first-order valence-corrected chi connectivity index (χ1v) is 8.66. The Labute approximate surface area is 153 Å². The molecule has 0 unspecified atom stereocenters. The van der Waals surface area contributed by atoms with Crippen LogP contribution in [0.15, 0.2) is 22.7 Å². The molecule has 2 N–H and O–H groups in total. The molecule has 1 aromatic carbocycles. The number of methoxy groups -OCH3 is 1. The van der Waals surface area contributed by atoms with Crippen LogP contribution in [0.2, 0.25) is 0 Å². The Morgan fingerprint density at radius 3 is 2.56 bits per heavy atom. The van der Waals surface area contributed by atoms with Gasteiger partial charge in [0.15, 0.2) is 17.3 Å². The van der Waals surface area contributed by atoms with E-state index < -0.39 is 5.54 Å². The summed E-state index contributed by atoms with van der Waals surface area (Å²) >= 11 is 0. The van der Waals surface area contributed by atoms with Gasteiger partial charge in [-0.15, -0.1) is 12.4 Å². The summed E-state index contributed by atoms with van der Waals surface area (Å²) in [5.74, 6) is 2.51. The second kappa shape index (κ2) is 7.22. The highest BCUT2D eigenvalue weighted by atomic mass is 35.5. The van der Waals surface area contributed by atoms with Crippen molar-refractivity contribution >= 4 is 12.4 Å². The molecule has 7 heteroatoms. The summed E-state index contributed by atoms with van der Waals surface area (Å²) in [4.78, 5) is 4.48. The number of rotatable bonds is 5. The van der Waals surface area contributed by atoms with Crippen molar-refractivity contribution in [1.82, 2.24) is 10.1 Å². The quantitative estimate of drug-likeness (QED) is 0.866. The Morgan fingerprint density at radius 1 is 1.16 bits per heavy atom. The van der Waals surface area contributed by atoms with E-state index in [1.807, 2.05) is 18.2 Å². The number of nitrogens with two attached hydrogens (primary N) is 1. The Bertz CT molecular complexity index is 724. The Balaban J connectivity index is 0.00000182. The van der Waals surface area contributed by atoms with E-state index in [9.17, 15) is 0 Å². The molecule has 0 spiro atoms. The molecule has 2 aromatic rings. The second-order valence-electron chi connectivity index (χ2n) is 6.82. The standard InChI is InChI=1S/C18H23N3O3.ClH/c1-22-15-11-12(7-8-14(15)23-13-5-2-3-6-13)16-20-17(21-24-16)18(19)9-4-10-18;/h7-8,11,13H,2-6,9-10,19H2,1H3;1H. The average molecular weight is 366 g/mol. The number of halogens is 1. The van der Waals surface area contributed by atoms with Gasteiger partial charge in [-0.3, -0.25) is 0 Å². The van der Waals surface area contributed by atoms with Gasteiger partial charge < -0.3 is 19.7 Å². The van der Waals surface area contributed by atoms with Gasteiger partial charge in [-0.2, -0.15) is 4.98 Å². The van der Waals surface area contributed by atoms with Gasteiger partial charge in [0.05, 0.1) is 18.8 Å². The highest BCUT2D eigenvalue weighted by Gasteiger charge is 2.39. The second-order valence-corrected chi connectivity index (χ2v) is 6.82. The van der Waals surface area contributed by atoms with E-state index in [4.69, 9.17) is 19.7 Å². The monoisotopic (exact) mass is 365 g/mol. The molecule has 2 saturated carbocycles. The van der Waals surface area contributed by atoms with Crippen LogP contribution in [0.5, 0.6) is 11.5 Å². The lowest BCUT2D eigenvalue weighted by atomic mass is 9.77. The molecule has 2 fully saturated rings. The largest absolute Gasteiger partial charge is 0.493 e. The van der Waals surface area contributed by atoms with Crippen molar-refractivity contribution in [2.45, 2.75) is 56.6 Å². The molecule has 0 amide bonds. The molecule has 2 aliphatic rings. The fourth-order valence-corrected chi connectivity index (χ4v) is 3.41. The van der Waals surface area contributed by atoms with Gasteiger partial charge in [0.2, 0.25) is 0 Å². The number of nitrogens with zero attached hydrogens (tertiary/aromatic N) is 2. The summed E-state index contributed by atoms with van der Waals surface area (Å²) in [6.07, 6.45) is 7.89. The van der Waals surface area contributed by atoms with Crippen LogP contribution in [0.3, 0.4) is 0 Å². The van der Waals surface area contributed by atoms with Gasteiger partial charge in [0, 0.05) is 5.56 Å². The van der Waals surface area contributed by atoms with Gasteiger partial charge in [0.1, 0.15) is 0 Å². The van der Waals surface area contributed by atoms with Crippen molar-refractivity contribution in [3.05, 3.63) is 24.0 Å². The van der Waals surface area contributed by atoms with Gasteiger partial charge >= 0.3 is 0 Å². The van der Waals surface area contributed by atoms with Gasteiger partial charge in [0.25, 0.3) is 5.89 Å². The SMILES string of the molecule is COc1cc(-c2nc(C3(N)CCC3)no2)ccc1OC1CCCC1.Cl. The summed E-state index contributed by atoms with van der Waals surface area (Å²) < 4.78 is 17.0. The Hall–Kier alpha value is -1.79. The molecule has 1 heterocycles. The number of benzene rings is 1. The number of hydrogen-bond donors (Lipinski definition) is 1. The fourth-order valence-electron chi connectivity index (χ4n) is 3.41. The molecule has 6 nitrogen and oxygen atoms in total. The first kappa shape index (κ1) is 18.0. The van der Waals surface area contributed by atoms with E-state index in [1.165, 1.54) is 12.8 Å². The molecular weight excluding hydrogens is 342 g/mol. The Morgan fingerprint density at radius 2 is 1.92 bits per heavy atom. The molecule has 2 aliphatic carbocycles. The van der Waals surface area contributed by atoms with Gasteiger partial charge in [-0.05, 0) is 63.1 Å². The molecular formula is C18H24ClN3O3. The van der Waals surface area contributed by atoms with Crippen molar-refractivity contribution < 1.29 is 14.0 Å². The summed E-state index contributed by atoms with van der Waals surface area (Å²) in [6, 6.07) is 5.72. The third kappa shape index (κ3) is 3.46. The minimum absolute atomic E-state index is 0. The molecule has 0 radical (unpaired) electrons. The van der Waals surface area contributed by atoms with E-state index >= 15 is 0 Å². The smallest absolute Gasteiger partial charge is 0.258 e. The van der Waals surface area contributed by atoms with Crippen molar-refractivity contribution in [2.75, 3.05) is 7.11 Å². The normalized spacial score (nSPS) is 19.1. The molecule has 4 rings (SSSR count). The maximum absolute atomic E-state index is 6.26. The van der Waals surface area contributed by atoms with Crippen molar-refractivity contribution in [1.29, 1.82) is 0 Å². The van der Waals surface area contributed by atoms with Crippen LogP contribution in [-0.4, -0.2) is 23.4 Å². The molecule has 0 aliphatic heterocycles. The first-order chi connectivity index (χ1) is 11.7. The fraction of sp³-hybridized carbons (Fsp3) is 0.556. The zero-order chi connectivity index (χ0) is 16.6. The topological polar surface area (TPSA) is 83.4 Å². The van der Waals surface area contributed by atoms with Crippen molar-refractivity contribution in [3.63, 3.8) is 0 Å². The van der Waals surface area contributed by atoms with E-state index in [0.29, 0.717) is 17.5 Å². The lowest BCUT2D eigenvalue weighted by Crippen LogP contribution is -2.44. The Kier molecular flexibility index (Phi) is 5.20. The predicted molar refractivity (Wildman–Crippen MR) is 96.1 cm³/mol. The van der Waals surface area contributed by atoms with Crippen molar-refractivity contribution in [3.8, 4) is 23.0 Å². The molecule has 0 bridgehead atoms. The minimum atomic E-state index is -0.419. The van der Waals surface area contributed by atoms with Crippen molar-refractivity contribution in [2.24, 2.45) is 5.73 Å². The minimum Gasteiger partial charge on any atom is -0.493 e. The van der Waals surface area contributed by atoms with Crippen LogP contribution in [0.25, 0.3) is 11.5 Å². The van der Waals surface area contributed by atoms with E-state index in [2.05, 4.69) is 10.1 Å². The molecule has 0 saturated heterocycles. The van der Waals surface area contributed by atoms with Crippen LogP contribution >= 0.6 is 12.4 Å². The van der Waals surface area contributed by atoms with Crippen LogP contribution in [-0.2, 0) is 5.54 Å². The van der Waals surface area contributed by atoms with Crippen LogP contribution in [0, 0.1) is 0 Å². The first-order valence-electron chi connectivity index (χ1n) is 8.66. The summed E-state index contributed by atoms with van der Waals surface area (Å²) in [6.45, 7) is 0. The van der Waals surface area contributed by atoms with E-state index in [-0.39, 0.29) is 18.5 Å². The summed E-state index contributed by atoms with van der Waals surface area (Å²) in [5.41, 5.74) is 6.65. The molecule has 0 atom stereocenters. The van der Waals surface area contributed by atoms with Crippen LogP contribution in [0.1, 0.15) is 50.8 Å².